The van der Waals surface area contributed by atoms with Crippen molar-refractivity contribution in [2.45, 2.75) is 45.7 Å². The van der Waals surface area contributed by atoms with Crippen LogP contribution < -0.4 is 10.6 Å². The summed E-state index contributed by atoms with van der Waals surface area (Å²) in [5.41, 5.74) is 0. The van der Waals surface area contributed by atoms with Crippen molar-refractivity contribution >= 4 is 52.6 Å². The van der Waals surface area contributed by atoms with E-state index in [2.05, 4.69) is 51.9 Å². The first-order valence-corrected chi connectivity index (χ1v) is 11.2. The Morgan fingerprint density at radius 2 is 2.11 bits per heavy atom. The molecule has 0 bridgehead atoms. The van der Waals surface area contributed by atoms with E-state index in [1.54, 1.807) is 11.3 Å². The maximum absolute atomic E-state index is 4.74. The summed E-state index contributed by atoms with van der Waals surface area (Å²) < 4.78 is 0. The molecule has 1 aliphatic rings. The number of hydrogen-bond donors (Lipinski definition) is 2. The van der Waals surface area contributed by atoms with Gasteiger partial charge in [0.1, 0.15) is 5.01 Å². The monoisotopic (exact) mass is 519 g/mol. The summed E-state index contributed by atoms with van der Waals surface area (Å²) in [5.74, 6) is 0.876. The molecule has 0 spiro atoms. The fraction of sp³-hybridized carbons (Fsp3) is 0.579. The summed E-state index contributed by atoms with van der Waals surface area (Å²) in [7, 11) is 0. The summed E-state index contributed by atoms with van der Waals surface area (Å²) in [6, 6.07) is 4.82. The van der Waals surface area contributed by atoms with Gasteiger partial charge in [-0.25, -0.2) is 9.98 Å². The van der Waals surface area contributed by atoms with Crippen molar-refractivity contribution in [1.29, 1.82) is 0 Å². The Hall–Kier alpha value is -0.710. The van der Waals surface area contributed by atoms with Gasteiger partial charge in [0.2, 0.25) is 0 Å². The zero-order valence-electron chi connectivity index (χ0n) is 16.1. The smallest absolute Gasteiger partial charge is 0.191 e. The zero-order valence-corrected chi connectivity index (χ0v) is 20.1. The van der Waals surface area contributed by atoms with Crippen molar-refractivity contribution in [3.63, 3.8) is 0 Å². The van der Waals surface area contributed by atoms with Crippen molar-refractivity contribution in [2.24, 2.45) is 4.99 Å². The molecule has 0 saturated carbocycles. The van der Waals surface area contributed by atoms with E-state index in [1.165, 1.54) is 35.7 Å². The van der Waals surface area contributed by atoms with E-state index < -0.39 is 0 Å². The van der Waals surface area contributed by atoms with Crippen LogP contribution in [0.4, 0.5) is 0 Å². The number of thiazole rings is 1. The van der Waals surface area contributed by atoms with E-state index in [-0.39, 0.29) is 24.0 Å². The van der Waals surface area contributed by atoms with Gasteiger partial charge in [0.25, 0.3) is 0 Å². The van der Waals surface area contributed by atoms with E-state index >= 15 is 0 Å². The molecule has 3 heterocycles. The molecule has 1 atom stereocenters. The van der Waals surface area contributed by atoms with Gasteiger partial charge >= 0.3 is 0 Å². The van der Waals surface area contributed by atoms with Crippen molar-refractivity contribution in [3.05, 3.63) is 38.5 Å². The first-order valence-electron chi connectivity index (χ1n) is 9.53. The maximum atomic E-state index is 4.74. The third-order valence-corrected chi connectivity index (χ3v) is 6.68. The Morgan fingerprint density at radius 1 is 1.30 bits per heavy atom. The predicted octanol–water partition coefficient (Wildman–Crippen LogP) is 4.28. The lowest BCUT2D eigenvalue weighted by molar-refractivity contribution is 0.249. The first-order chi connectivity index (χ1) is 12.8. The second-order valence-corrected chi connectivity index (χ2v) is 8.60. The molecule has 0 radical (unpaired) electrons. The summed E-state index contributed by atoms with van der Waals surface area (Å²) in [6.07, 6.45) is 5.62. The molecule has 0 aliphatic carbocycles. The molecule has 0 aromatic carbocycles. The van der Waals surface area contributed by atoms with E-state index in [0.29, 0.717) is 12.6 Å². The summed E-state index contributed by atoms with van der Waals surface area (Å²) >= 11 is 3.60. The molecule has 2 N–H and O–H groups in total. The first kappa shape index (κ1) is 22.6. The lowest BCUT2D eigenvalue weighted by atomic mass is 10.2. The number of hydrogen-bond acceptors (Lipinski definition) is 5. The van der Waals surface area contributed by atoms with Crippen molar-refractivity contribution in [1.82, 2.24) is 20.5 Å². The zero-order chi connectivity index (χ0) is 18.2. The number of thiophene rings is 1. The number of aromatic nitrogens is 1. The molecule has 150 valence electrons. The Balaban J connectivity index is 0.00000261. The third kappa shape index (κ3) is 6.69. The molecule has 1 unspecified atom stereocenters. The van der Waals surface area contributed by atoms with Crippen LogP contribution in [0.25, 0.3) is 0 Å². The molecule has 1 fully saturated rings. The lowest BCUT2D eigenvalue weighted by Gasteiger charge is -2.27. The number of aliphatic imine (C=N–C) groups is 1. The van der Waals surface area contributed by atoms with Crippen LogP contribution in [0, 0.1) is 0 Å². The van der Waals surface area contributed by atoms with Crippen LogP contribution in [0.3, 0.4) is 0 Å². The highest BCUT2D eigenvalue weighted by Crippen LogP contribution is 2.27. The van der Waals surface area contributed by atoms with Crippen molar-refractivity contribution < 1.29 is 0 Å². The van der Waals surface area contributed by atoms with Gasteiger partial charge in [-0.15, -0.1) is 46.7 Å². The Kier molecular flexibility index (Phi) is 10.0. The van der Waals surface area contributed by atoms with E-state index in [0.717, 1.165) is 30.5 Å². The van der Waals surface area contributed by atoms with Crippen LogP contribution in [0.5, 0.6) is 0 Å². The fourth-order valence-electron chi connectivity index (χ4n) is 3.21. The second kappa shape index (κ2) is 12.0. The second-order valence-electron chi connectivity index (χ2n) is 6.42. The van der Waals surface area contributed by atoms with Crippen LogP contribution in [0.15, 0.2) is 28.7 Å². The number of nitrogens with zero attached hydrogens (tertiary/aromatic N) is 3. The van der Waals surface area contributed by atoms with Crippen molar-refractivity contribution in [3.8, 4) is 0 Å². The van der Waals surface area contributed by atoms with Crippen LogP contribution >= 0.6 is 46.7 Å². The fourth-order valence-corrected chi connectivity index (χ4v) is 4.86. The van der Waals surface area contributed by atoms with Gasteiger partial charge in [-0.3, -0.25) is 4.90 Å². The lowest BCUT2D eigenvalue weighted by Crippen LogP contribution is -2.42. The Bertz CT molecular complexity index is 680. The summed E-state index contributed by atoms with van der Waals surface area (Å²) in [4.78, 5) is 14.6. The van der Waals surface area contributed by atoms with Gasteiger partial charge < -0.3 is 10.6 Å². The van der Waals surface area contributed by atoms with Gasteiger partial charge in [-0.1, -0.05) is 13.0 Å². The molecule has 8 heteroatoms. The average molecular weight is 520 g/mol. The maximum Gasteiger partial charge on any atom is 0.191 e. The standard InChI is InChI=1S/C19H29N5S2.HI/c1-3-15-12-21-18(26-15)14-23-19(20-4-2)22-13-16(17-8-7-11-25-17)24-9-5-6-10-24;/h7-8,11-12,16H,3-6,9-10,13-14H2,1-2H3,(H2,20,22,23);1H. The molecule has 2 aromatic rings. The average Bonchev–Trinajstić information content (AvgIpc) is 3.42. The van der Waals surface area contributed by atoms with Crippen molar-refractivity contribution in [2.75, 3.05) is 26.2 Å². The molecule has 2 aromatic heterocycles. The molecule has 5 nitrogen and oxygen atoms in total. The van der Waals surface area contributed by atoms with E-state index in [4.69, 9.17) is 4.99 Å². The Morgan fingerprint density at radius 3 is 2.74 bits per heavy atom. The normalized spacial score (nSPS) is 16.1. The molecule has 1 aliphatic heterocycles. The van der Waals surface area contributed by atoms with Gasteiger partial charge in [0.15, 0.2) is 5.96 Å². The minimum absolute atomic E-state index is 0. The molecular formula is C19H30IN5S2. The largest absolute Gasteiger partial charge is 0.357 e. The highest BCUT2D eigenvalue weighted by Gasteiger charge is 2.24. The van der Waals surface area contributed by atoms with Gasteiger partial charge in [-0.2, -0.15) is 0 Å². The van der Waals surface area contributed by atoms with Crippen LogP contribution in [-0.2, 0) is 13.0 Å². The molecule has 3 rings (SSSR count). The van der Waals surface area contributed by atoms with Crippen LogP contribution in [-0.4, -0.2) is 42.0 Å². The van der Waals surface area contributed by atoms with E-state index in [9.17, 15) is 0 Å². The summed E-state index contributed by atoms with van der Waals surface area (Å²) in [5, 5.41) is 10.2. The SMILES string of the molecule is CCNC(=NCc1ncc(CC)s1)NCC(c1cccs1)N1CCCC1.I. The number of likely N-dealkylation sites (tertiary alicyclic amines) is 1. The number of aryl methyl sites for hydroxylation is 1. The summed E-state index contributed by atoms with van der Waals surface area (Å²) in [6.45, 7) is 9.02. The van der Waals surface area contributed by atoms with Gasteiger partial charge in [-0.05, 0) is 50.7 Å². The predicted molar refractivity (Wildman–Crippen MR) is 128 cm³/mol. The number of halogens is 1. The molecular weight excluding hydrogens is 489 g/mol. The molecule has 0 amide bonds. The quantitative estimate of drug-likeness (QED) is 0.311. The minimum atomic E-state index is 0. The minimum Gasteiger partial charge on any atom is -0.357 e. The van der Waals surface area contributed by atoms with Crippen LogP contribution in [0.2, 0.25) is 0 Å². The number of nitrogens with one attached hydrogen (secondary N) is 2. The third-order valence-electron chi connectivity index (χ3n) is 4.58. The molecule has 1 saturated heterocycles. The number of rotatable bonds is 8. The van der Waals surface area contributed by atoms with Gasteiger partial charge in [0.05, 0.1) is 12.6 Å². The van der Waals surface area contributed by atoms with E-state index in [1.807, 2.05) is 17.5 Å². The number of guanidine groups is 1. The highest BCUT2D eigenvalue weighted by molar-refractivity contribution is 14.0. The molecule has 27 heavy (non-hydrogen) atoms. The Labute approximate surface area is 187 Å². The highest BCUT2D eigenvalue weighted by atomic mass is 127. The van der Waals surface area contributed by atoms with Crippen LogP contribution in [0.1, 0.15) is 47.5 Å². The topological polar surface area (TPSA) is 52.6 Å². The van der Waals surface area contributed by atoms with Gasteiger partial charge in [0, 0.05) is 29.0 Å².